The van der Waals surface area contributed by atoms with Crippen LogP contribution in [-0.4, -0.2) is 11.6 Å². The van der Waals surface area contributed by atoms with E-state index in [1.54, 1.807) is 6.92 Å². The Hall–Kier alpha value is -1.18. The second kappa shape index (κ2) is 7.82. The van der Waals surface area contributed by atoms with Crippen LogP contribution in [0.25, 0.3) is 0 Å². The molecule has 2 nitrogen and oxygen atoms in total. The highest BCUT2D eigenvalue weighted by molar-refractivity contribution is 5.81. The number of ketones is 2. The first-order valence-electron chi connectivity index (χ1n) is 10.3. The highest BCUT2D eigenvalue weighted by Crippen LogP contribution is 2.49. The Labute approximate surface area is 160 Å². The van der Waals surface area contributed by atoms with E-state index in [-0.39, 0.29) is 17.1 Å². The van der Waals surface area contributed by atoms with Crippen molar-refractivity contribution in [2.75, 3.05) is 0 Å². The van der Waals surface area contributed by atoms with Gasteiger partial charge < -0.3 is 4.79 Å². The maximum absolute atomic E-state index is 12.8. The zero-order chi connectivity index (χ0) is 19.7. The van der Waals surface area contributed by atoms with Gasteiger partial charge in [0.15, 0.2) is 0 Å². The second-order valence-electron chi connectivity index (χ2n) is 9.97. The summed E-state index contributed by atoms with van der Waals surface area (Å²) in [5.74, 6) is 1.13. The summed E-state index contributed by atoms with van der Waals surface area (Å²) in [7, 11) is 0. The molecule has 0 aromatic heterocycles. The van der Waals surface area contributed by atoms with Gasteiger partial charge in [0.2, 0.25) is 0 Å². The van der Waals surface area contributed by atoms with Crippen LogP contribution in [0.1, 0.15) is 93.4 Å². The predicted molar refractivity (Wildman–Crippen MR) is 109 cm³/mol. The van der Waals surface area contributed by atoms with E-state index in [1.807, 2.05) is 0 Å². The molecule has 0 saturated heterocycles. The maximum atomic E-state index is 12.8. The van der Waals surface area contributed by atoms with Crippen molar-refractivity contribution in [1.82, 2.24) is 0 Å². The first-order chi connectivity index (χ1) is 11.9. The lowest BCUT2D eigenvalue weighted by atomic mass is 9.68. The molecule has 0 bridgehead atoms. The first kappa shape index (κ1) is 21.1. The minimum Gasteiger partial charge on any atom is -0.300 e. The summed E-state index contributed by atoms with van der Waals surface area (Å²) in [6, 6.07) is 0. The molecule has 2 aliphatic rings. The van der Waals surface area contributed by atoms with Crippen molar-refractivity contribution in [3.63, 3.8) is 0 Å². The molecule has 26 heavy (non-hydrogen) atoms. The molecule has 0 spiro atoms. The Morgan fingerprint density at radius 1 is 1.15 bits per heavy atom. The molecule has 0 aliphatic heterocycles. The van der Waals surface area contributed by atoms with E-state index in [2.05, 4.69) is 47.6 Å². The SMILES string of the molecule is CC(=O)CC(CC(=O)CCC1=C(C)C(C)(C)CC1)C1CC=C(C)C1(C)C. The van der Waals surface area contributed by atoms with Crippen LogP contribution in [0, 0.1) is 22.7 Å². The largest absolute Gasteiger partial charge is 0.300 e. The summed E-state index contributed by atoms with van der Waals surface area (Å²) in [5.41, 5.74) is 4.77. The molecule has 0 aromatic rings. The van der Waals surface area contributed by atoms with Crippen LogP contribution in [-0.2, 0) is 9.59 Å². The van der Waals surface area contributed by atoms with Gasteiger partial charge in [0.25, 0.3) is 0 Å². The standard InChI is InChI=1S/C24H38O2/c1-16-8-11-22(24(16,6)7)20(14-17(2)25)15-21(26)10-9-19-12-13-23(4,5)18(19)3/h8,20,22H,9-15H2,1-7H3. The molecule has 0 fully saturated rings. The van der Waals surface area contributed by atoms with Crippen molar-refractivity contribution in [2.24, 2.45) is 22.7 Å². The molecule has 2 atom stereocenters. The number of Topliss-reactive ketones (excluding diaryl/α,β-unsaturated/α-hetero) is 2. The molecule has 146 valence electrons. The molecular weight excluding hydrogens is 320 g/mol. The van der Waals surface area contributed by atoms with Gasteiger partial charge in [-0.05, 0) is 69.1 Å². The minimum absolute atomic E-state index is 0.0923. The van der Waals surface area contributed by atoms with E-state index >= 15 is 0 Å². The number of hydrogen-bond acceptors (Lipinski definition) is 2. The van der Waals surface area contributed by atoms with Crippen molar-refractivity contribution in [3.05, 3.63) is 22.8 Å². The average Bonchev–Trinajstić information content (AvgIpc) is 2.93. The number of hydrogen-bond donors (Lipinski definition) is 0. The lowest BCUT2D eigenvalue weighted by Gasteiger charge is -2.35. The van der Waals surface area contributed by atoms with Gasteiger partial charge in [-0.2, -0.15) is 0 Å². The second-order valence-corrected chi connectivity index (χ2v) is 9.97. The molecule has 2 aliphatic carbocycles. The van der Waals surface area contributed by atoms with Crippen LogP contribution in [0.5, 0.6) is 0 Å². The van der Waals surface area contributed by atoms with Gasteiger partial charge in [-0.15, -0.1) is 0 Å². The fourth-order valence-electron chi connectivity index (χ4n) is 4.98. The minimum atomic E-state index is 0.0923. The zero-order valence-corrected chi connectivity index (χ0v) is 18.0. The summed E-state index contributed by atoms with van der Waals surface area (Å²) in [5, 5.41) is 0. The van der Waals surface area contributed by atoms with E-state index in [1.165, 1.54) is 23.1 Å². The van der Waals surface area contributed by atoms with Gasteiger partial charge in [-0.25, -0.2) is 0 Å². The molecular formula is C24H38O2. The highest BCUT2D eigenvalue weighted by atomic mass is 16.1. The molecule has 0 radical (unpaired) electrons. The van der Waals surface area contributed by atoms with Crippen molar-refractivity contribution < 1.29 is 9.59 Å². The van der Waals surface area contributed by atoms with Crippen molar-refractivity contribution in [2.45, 2.75) is 93.4 Å². The number of carbonyl (C=O) groups excluding carboxylic acids is 2. The van der Waals surface area contributed by atoms with Crippen LogP contribution in [0.4, 0.5) is 0 Å². The summed E-state index contributed by atoms with van der Waals surface area (Å²) in [6.07, 6.45) is 8.29. The van der Waals surface area contributed by atoms with Crippen LogP contribution >= 0.6 is 0 Å². The third-order valence-electron chi connectivity index (χ3n) is 7.53. The normalized spacial score (nSPS) is 25.3. The molecule has 0 amide bonds. The number of rotatable bonds is 8. The van der Waals surface area contributed by atoms with E-state index in [9.17, 15) is 9.59 Å². The quantitative estimate of drug-likeness (QED) is 0.467. The Morgan fingerprint density at radius 2 is 1.81 bits per heavy atom. The van der Waals surface area contributed by atoms with Gasteiger partial charge in [0.05, 0.1) is 0 Å². The smallest absolute Gasteiger partial charge is 0.133 e. The topological polar surface area (TPSA) is 34.1 Å². The molecule has 0 aromatic carbocycles. The lowest BCUT2D eigenvalue weighted by Crippen LogP contribution is -2.30. The van der Waals surface area contributed by atoms with Crippen LogP contribution in [0.2, 0.25) is 0 Å². The van der Waals surface area contributed by atoms with Gasteiger partial charge in [-0.3, -0.25) is 4.79 Å². The Balaban J connectivity index is 2.00. The molecule has 0 N–H and O–H groups in total. The summed E-state index contributed by atoms with van der Waals surface area (Å²) in [4.78, 5) is 24.6. The van der Waals surface area contributed by atoms with E-state index in [0.29, 0.717) is 36.4 Å². The predicted octanol–water partition coefficient (Wildman–Crippen LogP) is 6.45. The molecule has 2 rings (SSSR count). The van der Waals surface area contributed by atoms with E-state index in [0.717, 1.165) is 19.3 Å². The maximum Gasteiger partial charge on any atom is 0.133 e. The monoisotopic (exact) mass is 358 g/mol. The number of carbonyl (C=O) groups is 2. The van der Waals surface area contributed by atoms with Gasteiger partial charge >= 0.3 is 0 Å². The first-order valence-corrected chi connectivity index (χ1v) is 10.3. The molecule has 0 heterocycles. The summed E-state index contributed by atoms with van der Waals surface area (Å²) < 4.78 is 0. The summed E-state index contributed by atoms with van der Waals surface area (Å²) >= 11 is 0. The van der Waals surface area contributed by atoms with Crippen molar-refractivity contribution in [3.8, 4) is 0 Å². The average molecular weight is 359 g/mol. The van der Waals surface area contributed by atoms with Crippen LogP contribution in [0.15, 0.2) is 22.8 Å². The highest BCUT2D eigenvalue weighted by Gasteiger charge is 2.40. The Bertz CT molecular complexity index is 631. The van der Waals surface area contributed by atoms with E-state index < -0.39 is 0 Å². The van der Waals surface area contributed by atoms with Crippen LogP contribution in [0.3, 0.4) is 0 Å². The Morgan fingerprint density at radius 3 is 2.27 bits per heavy atom. The van der Waals surface area contributed by atoms with Gasteiger partial charge in [0.1, 0.15) is 11.6 Å². The summed E-state index contributed by atoms with van der Waals surface area (Å²) in [6.45, 7) is 15.2. The van der Waals surface area contributed by atoms with E-state index in [4.69, 9.17) is 0 Å². The van der Waals surface area contributed by atoms with Crippen molar-refractivity contribution in [1.29, 1.82) is 0 Å². The Kier molecular flexibility index (Phi) is 6.36. The third-order valence-corrected chi connectivity index (χ3v) is 7.53. The van der Waals surface area contributed by atoms with Gasteiger partial charge in [-0.1, -0.05) is 50.5 Å². The van der Waals surface area contributed by atoms with Crippen LogP contribution < -0.4 is 0 Å². The fourth-order valence-corrected chi connectivity index (χ4v) is 4.98. The molecule has 0 saturated carbocycles. The fraction of sp³-hybridized carbons (Fsp3) is 0.750. The zero-order valence-electron chi connectivity index (χ0n) is 18.0. The third kappa shape index (κ3) is 4.56. The molecule has 2 heteroatoms. The molecule has 2 unspecified atom stereocenters. The van der Waals surface area contributed by atoms with Crippen molar-refractivity contribution >= 4 is 11.6 Å². The lowest BCUT2D eigenvalue weighted by molar-refractivity contribution is -0.122. The number of allylic oxidation sites excluding steroid dienone is 4. The van der Waals surface area contributed by atoms with Gasteiger partial charge in [0, 0.05) is 19.3 Å².